The lowest BCUT2D eigenvalue weighted by Crippen LogP contribution is -2.49. The molecule has 0 spiro atoms. The zero-order chi connectivity index (χ0) is 13.3. The fraction of sp³-hybridized carbons (Fsp3) is 0.750. The number of rotatable bonds is 0. The largest absolute Gasteiger partial charge is 0.444 e. The van der Waals surface area contributed by atoms with E-state index >= 15 is 0 Å². The maximum atomic E-state index is 11.9. The lowest BCUT2D eigenvalue weighted by atomic mass is 9.90. The van der Waals surface area contributed by atoms with Crippen molar-refractivity contribution in [3.05, 3.63) is 0 Å². The van der Waals surface area contributed by atoms with Crippen molar-refractivity contribution in [1.82, 2.24) is 10.3 Å². The third kappa shape index (κ3) is 3.00. The molecule has 2 heterocycles. The van der Waals surface area contributed by atoms with E-state index in [2.05, 4.69) is 10.5 Å². The fourth-order valence-corrected chi connectivity index (χ4v) is 2.11. The normalized spacial score (nSPS) is 23.9. The Morgan fingerprint density at radius 3 is 2.89 bits per heavy atom. The van der Waals surface area contributed by atoms with Crippen LogP contribution in [0.3, 0.4) is 0 Å². The maximum Gasteiger partial charge on any atom is 0.410 e. The minimum absolute atomic E-state index is 0.0468. The summed E-state index contributed by atoms with van der Waals surface area (Å²) in [5, 5.41) is 4.03. The van der Waals surface area contributed by atoms with Gasteiger partial charge in [-0.05, 0) is 27.2 Å². The number of nitrogens with one attached hydrogen (secondary N) is 1. The fourth-order valence-electron chi connectivity index (χ4n) is 2.11. The maximum absolute atomic E-state index is 11.9. The van der Waals surface area contributed by atoms with E-state index in [1.807, 2.05) is 20.8 Å². The third-order valence-corrected chi connectivity index (χ3v) is 2.98. The van der Waals surface area contributed by atoms with Gasteiger partial charge in [0, 0.05) is 18.9 Å². The Kier molecular flexibility index (Phi) is 3.28. The van der Waals surface area contributed by atoms with Crippen LogP contribution in [0.1, 0.15) is 33.6 Å². The molecule has 2 aliphatic rings. The molecule has 2 aliphatic heterocycles. The quantitative estimate of drug-likeness (QED) is 0.703. The van der Waals surface area contributed by atoms with Crippen molar-refractivity contribution in [2.24, 2.45) is 11.0 Å². The predicted octanol–water partition coefficient (Wildman–Crippen LogP) is 1.12. The highest BCUT2D eigenvalue weighted by Crippen LogP contribution is 2.22. The van der Waals surface area contributed by atoms with Crippen LogP contribution in [0.15, 0.2) is 5.10 Å². The van der Waals surface area contributed by atoms with Gasteiger partial charge in [-0.2, -0.15) is 5.10 Å². The summed E-state index contributed by atoms with van der Waals surface area (Å²) >= 11 is 0. The van der Waals surface area contributed by atoms with E-state index in [1.165, 1.54) is 0 Å². The van der Waals surface area contributed by atoms with E-state index in [0.29, 0.717) is 19.5 Å². The van der Waals surface area contributed by atoms with Gasteiger partial charge in [-0.15, -0.1) is 0 Å². The van der Waals surface area contributed by atoms with Crippen LogP contribution in [0, 0.1) is 5.92 Å². The van der Waals surface area contributed by atoms with Crippen molar-refractivity contribution >= 4 is 17.7 Å². The number of hydrogen-bond donors (Lipinski definition) is 1. The number of hydrazone groups is 1. The second-order valence-electron chi connectivity index (χ2n) is 5.73. The molecule has 0 aliphatic carbocycles. The highest BCUT2D eigenvalue weighted by molar-refractivity contribution is 5.97. The molecule has 6 nitrogen and oxygen atoms in total. The molecule has 2 amide bonds. The number of fused-ring (bicyclic) bond motifs is 1. The van der Waals surface area contributed by atoms with E-state index in [1.54, 1.807) is 4.90 Å². The molecule has 1 fully saturated rings. The first kappa shape index (κ1) is 12.9. The summed E-state index contributed by atoms with van der Waals surface area (Å²) in [5.41, 5.74) is 2.84. The van der Waals surface area contributed by atoms with Gasteiger partial charge in [0.25, 0.3) is 0 Å². The van der Waals surface area contributed by atoms with Crippen molar-refractivity contribution in [2.45, 2.75) is 39.2 Å². The van der Waals surface area contributed by atoms with Gasteiger partial charge >= 0.3 is 6.09 Å². The molecule has 0 aromatic carbocycles. The monoisotopic (exact) mass is 253 g/mol. The van der Waals surface area contributed by atoms with Gasteiger partial charge in [-0.1, -0.05) is 0 Å². The Balaban J connectivity index is 1.98. The number of carbonyl (C=O) groups excluding carboxylic acids is 2. The topological polar surface area (TPSA) is 71.0 Å². The van der Waals surface area contributed by atoms with Gasteiger partial charge in [-0.3, -0.25) is 4.79 Å². The van der Waals surface area contributed by atoms with E-state index in [4.69, 9.17) is 4.74 Å². The second kappa shape index (κ2) is 4.59. The van der Waals surface area contributed by atoms with Gasteiger partial charge in [-0.25, -0.2) is 10.2 Å². The predicted molar refractivity (Wildman–Crippen MR) is 66.1 cm³/mol. The second-order valence-corrected chi connectivity index (χ2v) is 5.73. The van der Waals surface area contributed by atoms with Crippen LogP contribution < -0.4 is 5.43 Å². The first-order valence-electron chi connectivity index (χ1n) is 6.18. The molecule has 1 N–H and O–H groups in total. The van der Waals surface area contributed by atoms with Crippen LogP contribution in [-0.2, 0) is 9.53 Å². The molecule has 1 atom stereocenters. The lowest BCUT2D eigenvalue weighted by molar-refractivity contribution is -0.122. The Bertz CT molecular complexity index is 398. The Morgan fingerprint density at radius 2 is 2.22 bits per heavy atom. The van der Waals surface area contributed by atoms with E-state index in [0.717, 1.165) is 12.1 Å². The molecular weight excluding hydrogens is 234 g/mol. The molecule has 2 rings (SSSR count). The molecule has 0 aromatic rings. The number of ether oxygens (including phenoxy) is 1. The molecule has 1 unspecified atom stereocenters. The van der Waals surface area contributed by atoms with Crippen LogP contribution >= 0.6 is 0 Å². The SMILES string of the molecule is CC(C)(C)OC(=O)N1CCC2CC(=O)NN=C2C1. The summed E-state index contributed by atoms with van der Waals surface area (Å²) < 4.78 is 5.32. The molecule has 1 saturated heterocycles. The summed E-state index contributed by atoms with van der Waals surface area (Å²) in [6.45, 7) is 6.59. The molecule has 0 radical (unpaired) electrons. The highest BCUT2D eigenvalue weighted by Gasteiger charge is 2.33. The minimum atomic E-state index is -0.490. The summed E-state index contributed by atoms with van der Waals surface area (Å²) in [7, 11) is 0. The summed E-state index contributed by atoms with van der Waals surface area (Å²) in [4.78, 5) is 24.7. The first-order chi connectivity index (χ1) is 8.35. The number of nitrogens with zero attached hydrogens (tertiary/aromatic N) is 2. The van der Waals surface area contributed by atoms with Crippen molar-refractivity contribution in [3.63, 3.8) is 0 Å². The molecule has 0 saturated carbocycles. The Labute approximate surface area is 106 Å². The minimum Gasteiger partial charge on any atom is -0.444 e. The van der Waals surface area contributed by atoms with Crippen molar-refractivity contribution in [3.8, 4) is 0 Å². The Morgan fingerprint density at radius 1 is 1.50 bits per heavy atom. The average Bonchev–Trinajstić information content (AvgIpc) is 2.26. The molecule has 0 bridgehead atoms. The molecule has 6 heteroatoms. The number of amides is 2. The third-order valence-electron chi connectivity index (χ3n) is 2.98. The van der Waals surface area contributed by atoms with Crippen LogP contribution in [-0.4, -0.2) is 41.3 Å². The standard InChI is InChI=1S/C12H19N3O3/c1-12(2,3)18-11(17)15-5-4-8-6-10(16)14-13-9(8)7-15/h8H,4-7H2,1-3H3,(H,14,16). The van der Waals surface area contributed by atoms with E-state index in [9.17, 15) is 9.59 Å². The number of carbonyl (C=O) groups is 2. The van der Waals surface area contributed by atoms with E-state index < -0.39 is 5.60 Å². The summed E-state index contributed by atoms with van der Waals surface area (Å²) in [6, 6.07) is 0. The van der Waals surface area contributed by atoms with Gasteiger partial charge in [0.05, 0.1) is 12.3 Å². The number of piperidine rings is 1. The molecule has 100 valence electrons. The van der Waals surface area contributed by atoms with E-state index in [-0.39, 0.29) is 17.9 Å². The van der Waals surface area contributed by atoms with Gasteiger partial charge < -0.3 is 9.64 Å². The molecule has 18 heavy (non-hydrogen) atoms. The lowest BCUT2D eigenvalue weighted by Gasteiger charge is -2.35. The zero-order valence-electron chi connectivity index (χ0n) is 11.0. The van der Waals surface area contributed by atoms with Crippen molar-refractivity contribution in [1.29, 1.82) is 0 Å². The zero-order valence-corrected chi connectivity index (χ0v) is 11.0. The average molecular weight is 253 g/mol. The van der Waals surface area contributed by atoms with Crippen molar-refractivity contribution < 1.29 is 14.3 Å². The van der Waals surface area contributed by atoms with Gasteiger partial charge in [0.1, 0.15) is 5.60 Å². The first-order valence-corrected chi connectivity index (χ1v) is 6.18. The van der Waals surface area contributed by atoms with Gasteiger partial charge in [0.15, 0.2) is 0 Å². The van der Waals surface area contributed by atoms with Gasteiger partial charge in [0.2, 0.25) is 5.91 Å². The molecular formula is C12H19N3O3. The summed E-state index contributed by atoms with van der Waals surface area (Å²) in [6.07, 6.45) is 0.924. The number of hydrogen-bond acceptors (Lipinski definition) is 4. The van der Waals surface area contributed by atoms with Crippen LogP contribution in [0.4, 0.5) is 4.79 Å². The molecule has 0 aromatic heterocycles. The number of likely N-dealkylation sites (tertiary alicyclic amines) is 1. The summed E-state index contributed by atoms with van der Waals surface area (Å²) in [5.74, 6) is 0.131. The van der Waals surface area contributed by atoms with Crippen LogP contribution in [0.5, 0.6) is 0 Å². The van der Waals surface area contributed by atoms with Crippen molar-refractivity contribution in [2.75, 3.05) is 13.1 Å². The highest BCUT2D eigenvalue weighted by atomic mass is 16.6. The van der Waals surface area contributed by atoms with Crippen LogP contribution in [0.2, 0.25) is 0 Å². The van der Waals surface area contributed by atoms with Crippen LogP contribution in [0.25, 0.3) is 0 Å². The smallest absolute Gasteiger partial charge is 0.410 e. The Hall–Kier alpha value is -1.59.